The number of hydrogen-bond acceptors (Lipinski definition) is 7. The molecule has 8 heteroatoms. The summed E-state index contributed by atoms with van der Waals surface area (Å²) in [4.78, 5) is 8.13. The Morgan fingerprint density at radius 1 is 1.57 bits per heavy atom. The van der Waals surface area contributed by atoms with Crippen molar-refractivity contribution in [2.24, 2.45) is 5.84 Å². The summed E-state index contributed by atoms with van der Waals surface area (Å²) in [6, 6.07) is 0. The lowest BCUT2D eigenvalue weighted by Crippen LogP contribution is -2.48. The number of ether oxygens (including phenoxy) is 1. The third-order valence-corrected chi connectivity index (χ3v) is 4.11. The topological polar surface area (TPSA) is 105 Å². The van der Waals surface area contributed by atoms with E-state index in [0.717, 1.165) is 0 Å². The Bertz CT molecular complexity index is 571. The van der Waals surface area contributed by atoms with Crippen LogP contribution in [0.4, 0.5) is 15.9 Å². The van der Waals surface area contributed by atoms with Crippen LogP contribution in [0.25, 0.3) is 0 Å². The Kier molecular flexibility index (Phi) is 5.51. The Morgan fingerprint density at radius 3 is 2.96 bits per heavy atom. The van der Waals surface area contributed by atoms with Crippen molar-refractivity contribution in [2.75, 3.05) is 17.3 Å². The Morgan fingerprint density at radius 2 is 2.30 bits per heavy atom. The minimum Gasteiger partial charge on any atom is -0.391 e. The number of rotatable bonds is 4. The number of aliphatic hydroxyl groups is 1. The van der Waals surface area contributed by atoms with E-state index in [4.69, 9.17) is 10.6 Å². The predicted molar refractivity (Wildman–Crippen MR) is 86.5 cm³/mol. The predicted octanol–water partition coefficient (Wildman–Crippen LogP) is 1.65. The van der Waals surface area contributed by atoms with Gasteiger partial charge < -0.3 is 20.6 Å². The number of aromatic nitrogens is 2. The summed E-state index contributed by atoms with van der Waals surface area (Å²) >= 11 is 0. The van der Waals surface area contributed by atoms with Crippen molar-refractivity contribution in [1.82, 2.24) is 9.97 Å². The van der Waals surface area contributed by atoms with Gasteiger partial charge in [0.2, 0.25) is 0 Å². The molecule has 2 rings (SSSR count). The molecule has 1 aromatic heterocycles. The fraction of sp³-hybridized carbons (Fsp3) is 0.600. The average molecular weight is 325 g/mol. The molecule has 0 amide bonds. The minimum absolute atomic E-state index is 0.0338. The summed E-state index contributed by atoms with van der Waals surface area (Å²) in [6.45, 7) is 7.18. The third kappa shape index (κ3) is 3.77. The fourth-order valence-electron chi connectivity index (χ4n) is 2.62. The van der Waals surface area contributed by atoms with Crippen LogP contribution < -0.4 is 16.6 Å². The van der Waals surface area contributed by atoms with Crippen molar-refractivity contribution in [1.29, 1.82) is 0 Å². The maximum atomic E-state index is 15.5. The molecule has 1 aromatic rings. The van der Waals surface area contributed by atoms with Crippen LogP contribution in [0.2, 0.25) is 0 Å². The second kappa shape index (κ2) is 7.20. The molecule has 1 aliphatic rings. The van der Waals surface area contributed by atoms with Gasteiger partial charge in [0.1, 0.15) is 12.0 Å². The molecule has 0 spiro atoms. The number of nitrogens with two attached hydrogens (primary N) is 1. The summed E-state index contributed by atoms with van der Waals surface area (Å²) in [6.07, 6.45) is 0.943. The van der Waals surface area contributed by atoms with Gasteiger partial charge in [-0.05, 0) is 38.7 Å². The molecule has 128 valence electrons. The monoisotopic (exact) mass is 325 g/mol. The van der Waals surface area contributed by atoms with Crippen molar-refractivity contribution >= 4 is 11.5 Å². The Hall–Kier alpha value is -1.77. The third-order valence-electron chi connectivity index (χ3n) is 4.11. The van der Waals surface area contributed by atoms with Crippen molar-refractivity contribution in [2.45, 2.75) is 51.1 Å². The van der Waals surface area contributed by atoms with Gasteiger partial charge in [0.05, 0.1) is 18.4 Å². The number of nitrogen functional groups attached to an aromatic ring is 1. The summed E-state index contributed by atoms with van der Waals surface area (Å²) in [5.41, 5.74) is 2.18. The van der Waals surface area contributed by atoms with Gasteiger partial charge in [-0.3, -0.25) is 5.84 Å². The molecule has 0 aliphatic carbocycles. The highest BCUT2D eigenvalue weighted by molar-refractivity contribution is 5.66. The Labute approximate surface area is 135 Å². The number of alkyl halides is 1. The lowest BCUT2D eigenvalue weighted by Gasteiger charge is -2.37. The molecule has 0 bridgehead atoms. The average Bonchev–Trinajstić information content (AvgIpc) is 2.49. The number of aliphatic hydroxyl groups excluding tert-OH is 1. The summed E-state index contributed by atoms with van der Waals surface area (Å²) < 4.78 is 21.1. The van der Waals surface area contributed by atoms with Crippen LogP contribution in [0.1, 0.15) is 31.9 Å². The van der Waals surface area contributed by atoms with Gasteiger partial charge >= 0.3 is 0 Å². The first-order valence-corrected chi connectivity index (χ1v) is 7.57. The normalized spacial score (nSPS) is 28.6. The van der Waals surface area contributed by atoms with E-state index >= 15 is 4.39 Å². The molecule has 0 saturated carbocycles. The number of anilines is 2. The van der Waals surface area contributed by atoms with E-state index in [2.05, 4.69) is 27.3 Å². The smallest absolute Gasteiger partial charge is 0.175 e. The van der Waals surface area contributed by atoms with Crippen molar-refractivity contribution in [3.63, 3.8) is 0 Å². The van der Waals surface area contributed by atoms with E-state index in [1.807, 2.05) is 0 Å². The van der Waals surface area contributed by atoms with Gasteiger partial charge in [0.15, 0.2) is 17.7 Å². The maximum Gasteiger partial charge on any atom is 0.175 e. The lowest BCUT2D eigenvalue weighted by atomic mass is 9.88. The van der Waals surface area contributed by atoms with E-state index in [1.54, 1.807) is 13.8 Å². The molecule has 5 N–H and O–H groups in total. The highest BCUT2D eigenvalue weighted by atomic mass is 19.1. The quantitative estimate of drug-likeness (QED) is 0.379. The van der Waals surface area contributed by atoms with Crippen LogP contribution >= 0.6 is 0 Å². The van der Waals surface area contributed by atoms with Crippen molar-refractivity contribution in [3.05, 3.63) is 24.2 Å². The van der Waals surface area contributed by atoms with E-state index in [1.165, 1.54) is 6.33 Å². The first kappa shape index (κ1) is 17.6. The maximum absolute atomic E-state index is 15.5. The van der Waals surface area contributed by atoms with E-state index in [-0.39, 0.29) is 13.0 Å². The Balaban J connectivity index is 2.32. The highest BCUT2D eigenvalue weighted by Gasteiger charge is 2.42. The van der Waals surface area contributed by atoms with Crippen LogP contribution in [0.3, 0.4) is 0 Å². The molecular weight excluding hydrogens is 301 g/mol. The molecule has 2 unspecified atom stereocenters. The number of halogens is 1. The molecule has 1 fully saturated rings. The van der Waals surface area contributed by atoms with Crippen molar-refractivity contribution in [3.8, 4) is 0 Å². The van der Waals surface area contributed by atoms with Gasteiger partial charge in [-0.15, -0.1) is 0 Å². The molecule has 3 atom stereocenters. The van der Waals surface area contributed by atoms with Crippen LogP contribution in [-0.4, -0.2) is 39.7 Å². The molecule has 23 heavy (non-hydrogen) atoms. The largest absolute Gasteiger partial charge is 0.391 e. The second-order valence-electron chi connectivity index (χ2n) is 5.87. The van der Waals surface area contributed by atoms with E-state index in [0.29, 0.717) is 35.6 Å². The van der Waals surface area contributed by atoms with Gasteiger partial charge in [0.25, 0.3) is 0 Å². The SMILES string of the molecule is C=C(C)C1(F)CCCC(O)CO[C@H]1Nc1ncnc(C)c1NN. The summed E-state index contributed by atoms with van der Waals surface area (Å²) in [5, 5.41) is 12.7. The molecular formula is C15H24FN5O2. The van der Waals surface area contributed by atoms with Gasteiger partial charge in [0, 0.05) is 0 Å². The molecule has 7 nitrogen and oxygen atoms in total. The van der Waals surface area contributed by atoms with Gasteiger partial charge in [-0.25, -0.2) is 14.4 Å². The van der Waals surface area contributed by atoms with Crippen LogP contribution in [0.15, 0.2) is 18.5 Å². The highest BCUT2D eigenvalue weighted by Crippen LogP contribution is 2.36. The lowest BCUT2D eigenvalue weighted by molar-refractivity contribution is -0.0766. The van der Waals surface area contributed by atoms with E-state index in [9.17, 15) is 5.11 Å². The number of nitrogens with one attached hydrogen (secondary N) is 2. The first-order valence-electron chi connectivity index (χ1n) is 7.57. The molecule has 2 heterocycles. The zero-order valence-corrected chi connectivity index (χ0v) is 13.5. The number of nitrogens with zero attached hydrogens (tertiary/aromatic N) is 2. The first-order chi connectivity index (χ1) is 10.9. The second-order valence-corrected chi connectivity index (χ2v) is 5.87. The van der Waals surface area contributed by atoms with Crippen LogP contribution in [0.5, 0.6) is 0 Å². The number of hydrazine groups is 1. The summed E-state index contributed by atoms with van der Waals surface area (Å²) in [5.74, 6) is 5.84. The number of aryl methyl sites for hydroxylation is 1. The molecule has 0 aromatic carbocycles. The molecule has 1 aliphatic heterocycles. The van der Waals surface area contributed by atoms with Crippen molar-refractivity contribution < 1.29 is 14.2 Å². The van der Waals surface area contributed by atoms with Crippen LogP contribution in [0, 0.1) is 6.92 Å². The molecule has 0 radical (unpaired) electrons. The van der Waals surface area contributed by atoms with Gasteiger partial charge in [-0.2, -0.15) is 0 Å². The molecule has 1 saturated heterocycles. The number of hydrogen-bond donors (Lipinski definition) is 4. The van der Waals surface area contributed by atoms with E-state index < -0.39 is 18.0 Å². The fourth-order valence-corrected chi connectivity index (χ4v) is 2.62. The zero-order chi connectivity index (χ0) is 17.0. The minimum atomic E-state index is -1.77. The summed E-state index contributed by atoms with van der Waals surface area (Å²) in [7, 11) is 0. The standard InChI is InChI=1S/C15H24FN5O2/c1-9(2)15(16)6-4-5-11(22)7-23-14(15)20-13-12(21-17)10(3)18-8-19-13/h8,11,14,21-22H,1,4-7,17H2,2-3H3,(H,18,19,20)/t11?,14-,15?/m1/s1. The zero-order valence-electron chi connectivity index (χ0n) is 13.5. The van der Waals surface area contributed by atoms with Gasteiger partial charge in [-0.1, -0.05) is 6.58 Å². The van der Waals surface area contributed by atoms with Crippen LogP contribution in [-0.2, 0) is 4.74 Å².